The molecule has 0 fully saturated rings. The van der Waals surface area contributed by atoms with Crippen LogP contribution in [-0.2, 0) is 9.59 Å². The molecule has 0 amide bonds. The molecule has 0 spiro atoms. The van der Waals surface area contributed by atoms with Crippen molar-refractivity contribution >= 4 is 11.9 Å². The predicted molar refractivity (Wildman–Crippen MR) is 55.4 cm³/mol. The Morgan fingerprint density at radius 2 is 1.67 bits per heavy atom. The summed E-state index contributed by atoms with van der Waals surface area (Å²) >= 11 is 0. The average molecular weight is 213 g/mol. The molecular formula is C10H15NO4. The van der Waals surface area contributed by atoms with Crippen molar-refractivity contribution in [3.05, 3.63) is 23.9 Å². The minimum absolute atomic E-state index is 0.104. The molecule has 0 aromatic rings. The van der Waals surface area contributed by atoms with Crippen molar-refractivity contribution in [1.82, 2.24) is 5.32 Å². The highest BCUT2D eigenvalue weighted by Gasteiger charge is 2.09. The average Bonchev–Trinajstić information content (AvgIpc) is 2.00. The molecule has 0 heterocycles. The van der Waals surface area contributed by atoms with Crippen LogP contribution in [0.3, 0.4) is 0 Å². The largest absolute Gasteiger partial charge is 0.478 e. The Morgan fingerprint density at radius 1 is 1.13 bits per heavy atom. The maximum absolute atomic E-state index is 10.7. The third-order valence-electron chi connectivity index (χ3n) is 1.31. The molecule has 0 aliphatic heterocycles. The van der Waals surface area contributed by atoms with E-state index in [2.05, 4.69) is 5.32 Å². The number of aliphatic carboxylic acids is 2. The van der Waals surface area contributed by atoms with Crippen molar-refractivity contribution in [3.63, 3.8) is 0 Å². The second-order valence-corrected chi connectivity index (χ2v) is 3.97. The zero-order valence-corrected chi connectivity index (χ0v) is 8.94. The van der Waals surface area contributed by atoms with Gasteiger partial charge in [0.15, 0.2) is 0 Å². The van der Waals surface area contributed by atoms with Crippen molar-refractivity contribution < 1.29 is 19.8 Å². The Bertz CT molecular complexity index is 310. The summed E-state index contributed by atoms with van der Waals surface area (Å²) in [6, 6.07) is 0. The molecular weight excluding hydrogens is 198 g/mol. The second kappa shape index (κ2) is 5.19. The lowest BCUT2D eigenvalue weighted by atomic mass is 10.1. The van der Waals surface area contributed by atoms with Crippen molar-refractivity contribution in [2.75, 3.05) is 0 Å². The first kappa shape index (κ1) is 13.2. The summed E-state index contributed by atoms with van der Waals surface area (Å²) in [5.41, 5.74) is -0.370. The lowest BCUT2D eigenvalue weighted by molar-refractivity contribution is -0.132. The first-order valence-electron chi connectivity index (χ1n) is 4.34. The molecule has 0 bridgehead atoms. The molecule has 0 aliphatic rings. The second-order valence-electron chi connectivity index (χ2n) is 3.97. The van der Waals surface area contributed by atoms with Crippen molar-refractivity contribution in [2.45, 2.75) is 26.3 Å². The maximum atomic E-state index is 10.7. The highest BCUT2D eigenvalue weighted by molar-refractivity contribution is 5.92. The van der Waals surface area contributed by atoms with E-state index in [9.17, 15) is 9.59 Å². The Hall–Kier alpha value is -1.78. The Kier molecular flexibility index (Phi) is 4.57. The molecule has 0 saturated carbocycles. The molecule has 0 aromatic carbocycles. The minimum Gasteiger partial charge on any atom is -0.478 e. The molecule has 5 nitrogen and oxygen atoms in total. The Morgan fingerprint density at radius 3 is 2.00 bits per heavy atom. The van der Waals surface area contributed by atoms with E-state index in [0.717, 1.165) is 12.2 Å². The number of rotatable bonds is 4. The molecule has 0 aliphatic carbocycles. The van der Waals surface area contributed by atoms with Crippen LogP contribution in [0.5, 0.6) is 0 Å². The molecule has 5 heteroatoms. The monoisotopic (exact) mass is 213 g/mol. The molecule has 0 atom stereocenters. The predicted octanol–water partition coefficient (Wildman–Crippen LogP) is 0.984. The van der Waals surface area contributed by atoms with Gasteiger partial charge in [-0.15, -0.1) is 0 Å². The Labute approximate surface area is 88.1 Å². The molecule has 15 heavy (non-hydrogen) atoms. The molecule has 0 saturated heterocycles. The quantitative estimate of drug-likeness (QED) is 0.478. The van der Waals surface area contributed by atoms with E-state index in [4.69, 9.17) is 10.2 Å². The first-order chi connectivity index (χ1) is 6.72. The first-order valence-corrected chi connectivity index (χ1v) is 4.34. The van der Waals surface area contributed by atoms with Crippen LogP contribution < -0.4 is 5.32 Å². The molecule has 84 valence electrons. The van der Waals surface area contributed by atoms with Crippen LogP contribution >= 0.6 is 0 Å². The van der Waals surface area contributed by atoms with Gasteiger partial charge in [-0.25, -0.2) is 9.59 Å². The summed E-state index contributed by atoms with van der Waals surface area (Å²) < 4.78 is 0. The van der Waals surface area contributed by atoms with E-state index in [-0.39, 0.29) is 11.1 Å². The summed E-state index contributed by atoms with van der Waals surface area (Å²) in [5, 5.41) is 19.9. The van der Waals surface area contributed by atoms with Crippen molar-refractivity contribution in [3.8, 4) is 0 Å². The van der Waals surface area contributed by atoms with E-state index in [0.29, 0.717) is 0 Å². The van der Waals surface area contributed by atoms with Crippen LogP contribution in [0.1, 0.15) is 20.8 Å². The smallest absolute Gasteiger partial charge is 0.337 e. The summed E-state index contributed by atoms with van der Waals surface area (Å²) in [6.45, 7) is 5.59. The number of hydrogen-bond donors (Lipinski definition) is 3. The fourth-order valence-electron chi connectivity index (χ4n) is 0.636. The van der Waals surface area contributed by atoms with Gasteiger partial charge in [-0.05, 0) is 26.8 Å². The Balaban J connectivity index is 4.68. The lowest BCUT2D eigenvalue weighted by Crippen LogP contribution is -2.31. The molecule has 0 aromatic heterocycles. The zero-order valence-electron chi connectivity index (χ0n) is 8.94. The van der Waals surface area contributed by atoms with E-state index in [1.807, 2.05) is 20.8 Å². The highest BCUT2D eigenvalue weighted by Crippen LogP contribution is 2.02. The van der Waals surface area contributed by atoms with E-state index < -0.39 is 11.9 Å². The number of carbonyl (C=O) groups is 2. The van der Waals surface area contributed by atoms with Crippen molar-refractivity contribution in [1.29, 1.82) is 0 Å². The normalized spacial score (nSPS) is 12.9. The van der Waals surface area contributed by atoms with Crippen LogP contribution in [0.2, 0.25) is 0 Å². The maximum Gasteiger partial charge on any atom is 0.337 e. The zero-order chi connectivity index (χ0) is 12.1. The summed E-state index contributed by atoms with van der Waals surface area (Å²) in [5.74, 6) is -2.36. The standard InChI is InChI=1S/C10H15NO4/c1-10(2,3)11-6-7(9(14)15)4-5-8(12)13/h4-6,11H,1-3H3,(H,12,13)(H,14,15)/b5-4+,7-6?. The number of carboxylic acids is 2. The number of hydrogen-bond acceptors (Lipinski definition) is 3. The van der Waals surface area contributed by atoms with Crippen LogP contribution in [0.15, 0.2) is 23.9 Å². The van der Waals surface area contributed by atoms with Crippen LogP contribution in [0.25, 0.3) is 0 Å². The van der Waals surface area contributed by atoms with Gasteiger partial charge in [0, 0.05) is 17.8 Å². The van der Waals surface area contributed by atoms with Gasteiger partial charge >= 0.3 is 11.9 Å². The van der Waals surface area contributed by atoms with Gasteiger partial charge in [-0.2, -0.15) is 0 Å². The molecule has 0 unspecified atom stereocenters. The third-order valence-corrected chi connectivity index (χ3v) is 1.31. The summed E-state index contributed by atoms with van der Waals surface area (Å²) in [6.07, 6.45) is 3.09. The highest BCUT2D eigenvalue weighted by atomic mass is 16.4. The topological polar surface area (TPSA) is 86.6 Å². The van der Waals surface area contributed by atoms with Crippen LogP contribution in [-0.4, -0.2) is 27.7 Å². The van der Waals surface area contributed by atoms with E-state index in [1.165, 1.54) is 6.20 Å². The fraction of sp³-hybridized carbons (Fsp3) is 0.400. The van der Waals surface area contributed by atoms with Gasteiger partial charge in [0.2, 0.25) is 0 Å². The van der Waals surface area contributed by atoms with E-state index >= 15 is 0 Å². The van der Waals surface area contributed by atoms with E-state index in [1.54, 1.807) is 0 Å². The third kappa shape index (κ3) is 7.30. The number of carboxylic acid groups (broad SMARTS) is 2. The molecule has 0 rings (SSSR count). The van der Waals surface area contributed by atoms with Gasteiger partial charge in [-0.1, -0.05) is 0 Å². The molecule has 0 radical (unpaired) electrons. The fourth-order valence-corrected chi connectivity index (χ4v) is 0.636. The van der Waals surface area contributed by atoms with Gasteiger partial charge in [-0.3, -0.25) is 0 Å². The van der Waals surface area contributed by atoms with Gasteiger partial charge in [0.25, 0.3) is 0 Å². The van der Waals surface area contributed by atoms with Crippen molar-refractivity contribution in [2.24, 2.45) is 0 Å². The SMILES string of the molecule is CC(C)(C)NC=C(/C=C/C(=O)O)C(=O)O. The van der Waals surface area contributed by atoms with Crippen LogP contribution in [0, 0.1) is 0 Å². The minimum atomic E-state index is -1.18. The van der Waals surface area contributed by atoms with Gasteiger partial charge in [0.1, 0.15) is 0 Å². The summed E-state index contributed by atoms with van der Waals surface area (Å²) in [7, 11) is 0. The molecule has 3 N–H and O–H groups in total. The lowest BCUT2D eigenvalue weighted by Gasteiger charge is -2.18. The van der Waals surface area contributed by atoms with Crippen LogP contribution in [0.4, 0.5) is 0 Å². The number of nitrogens with one attached hydrogen (secondary N) is 1. The van der Waals surface area contributed by atoms with Gasteiger partial charge in [0.05, 0.1) is 5.57 Å². The van der Waals surface area contributed by atoms with Gasteiger partial charge < -0.3 is 15.5 Å². The summed E-state index contributed by atoms with van der Waals surface area (Å²) in [4.78, 5) is 20.9.